The molecule has 3 aromatic carbocycles. The minimum atomic E-state index is -0.487. The molecule has 0 radical (unpaired) electrons. The number of hydrogen-bond acceptors (Lipinski definition) is 6. The van der Waals surface area contributed by atoms with Crippen molar-refractivity contribution in [2.24, 2.45) is 0 Å². The van der Waals surface area contributed by atoms with Gasteiger partial charge in [-0.3, -0.25) is 14.6 Å². The van der Waals surface area contributed by atoms with Crippen LogP contribution in [0.3, 0.4) is 0 Å². The first-order valence-electron chi connectivity index (χ1n) is 13.0. The van der Waals surface area contributed by atoms with E-state index in [1.165, 1.54) is 12.3 Å². The number of nitrogens with zero attached hydrogens (tertiary/aromatic N) is 3. The summed E-state index contributed by atoms with van der Waals surface area (Å²) in [7, 11) is 0. The SMILES string of the molecule is N#Cc1cccc(Oc2ncccc2C(=O)NCc2cc(C(=O)NCc3ccccn3)ccc2-c2ccccc2F)c1. The molecule has 2 heterocycles. The number of nitriles is 1. The van der Waals surface area contributed by atoms with Gasteiger partial charge in [-0.25, -0.2) is 9.37 Å². The maximum absolute atomic E-state index is 14.8. The molecular formula is C33H24FN5O3. The summed E-state index contributed by atoms with van der Waals surface area (Å²) in [5.74, 6) is -0.843. The third kappa shape index (κ3) is 6.63. The van der Waals surface area contributed by atoms with Crippen LogP contribution in [0.15, 0.2) is 109 Å². The Morgan fingerprint density at radius 3 is 2.40 bits per heavy atom. The fraction of sp³-hybridized carbons (Fsp3) is 0.0606. The van der Waals surface area contributed by atoms with Crippen molar-refractivity contribution in [3.05, 3.63) is 143 Å². The smallest absolute Gasteiger partial charge is 0.257 e. The monoisotopic (exact) mass is 557 g/mol. The summed E-state index contributed by atoms with van der Waals surface area (Å²) in [4.78, 5) is 34.7. The number of amides is 2. The Morgan fingerprint density at radius 1 is 0.786 bits per heavy atom. The van der Waals surface area contributed by atoms with Crippen LogP contribution in [0, 0.1) is 17.1 Å². The van der Waals surface area contributed by atoms with Crippen LogP contribution in [0.5, 0.6) is 11.6 Å². The van der Waals surface area contributed by atoms with E-state index in [-0.39, 0.29) is 30.4 Å². The number of carbonyl (C=O) groups excluding carboxylic acids is 2. The van der Waals surface area contributed by atoms with Crippen molar-refractivity contribution in [3.63, 3.8) is 0 Å². The number of ether oxygens (including phenoxy) is 1. The third-order valence-corrected chi connectivity index (χ3v) is 6.32. The normalized spacial score (nSPS) is 10.4. The zero-order valence-corrected chi connectivity index (χ0v) is 22.3. The molecule has 206 valence electrons. The summed E-state index contributed by atoms with van der Waals surface area (Å²) in [5, 5.41) is 14.8. The number of rotatable bonds is 9. The van der Waals surface area contributed by atoms with Crippen LogP contribution in [-0.2, 0) is 13.1 Å². The molecule has 2 amide bonds. The van der Waals surface area contributed by atoms with E-state index >= 15 is 0 Å². The lowest BCUT2D eigenvalue weighted by molar-refractivity contribution is 0.0943. The van der Waals surface area contributed by atoms with E-state index in [1.807, 2.05) is 12.1 Å². The average Bonchev–Trinajstić information content (AvgIpc) is 3.03. The van der Waals surface area contributed by atoms with E-state index in [4.69, 9.17) is 4.74 Å². The van der Waals surface area contributed by atoms with Crippen LogP contribution in [0.25, 0.3) is 11.1 Å². The second-order valence-electron chi connectivity index (χ2n) is 9.14. The molecule has 9 heteroatoms. The fourth-order valence-electron chi connectivity index (χ4n) is 4.26. The molecule has 0 saturated carbocycles. The Balaban J connectivity index is 1.39. The highest BCUT2D eigenvalue weighted by Gasteiger charge is 2.18. The molecule has 0 spiro atoms. The van der Waals surface area contributed by atoms with Crippen LogP contribution in [0.4, 0.5) is 4.39 Å². The van der Waals surface area contributed by atoms with Gasteiger partial charge in [-0.2, -0.15) is 5.26 Å². The van der Waals surface area contributed by atoms with Gasteiger partial charge in [0.15, 0.2) is 0 Å². The van der Waals surface area contributed by atoms with Crippen LogP contribution >= 0.6 is 0 Å². The van der Waals surface area contributed by atoms with E-state index in [0.29, 0.717) is 39.3 Å². The zero-order chi connectivity index (χ0) is 29.3. The first kappa shape index (κ1) is 27.7. The molecule has 0 aliphatic carbocycles. The summed E-state index contributed by atoms with van der Waals surface area (Å²) in [6.45, 7) is 0.226. The molecule has 42 heavy (non-hydrogen) atoms. The lowest BCUT2D eigenvalue weighted by Gasteiger charge is -2.15. The number of carbonyl (C=O) groups is 2. The van der Waals surface area contributed by atoms with Crippen molar-refractivity contribution in [1.29, 1.82) is 5.26 Å². The summed E-state index contributed by atoms with van der Waals surface area (Å²) >= 11 is 0. The van der Waals surface area contributed by atoms with Gasteiger partial charge in [0.1, 0.15) is 17.1 Å². The van der Waals surface area contributed by atoms with Gasteiger partial charge in [-0.05, 0) is 71.8 Å². The molecule has 0 unspecified atom stereocenters. The molecule has 0 saturated heterocycles. The largest absolute Gasteiger partial charge is 0.438 e. The predicted octanol–water partition coefficient (Wildman–Crippen LogP) is 5.81. The van der Waals surface area contributed by atoms with E-state index in [0.717, 1.165) is 0 Å². The van der Waals surface area contributed by atoms with Gasteiger partial charge in [0.05, 0.1) is 23.9 Å². The highest BCUT2D eigenvalue weighted by Crippen LogP contribution is 2.28. The summed E-state index contributed by atoms with van der Waals surface area (Å²) in [5.41, 5.74) is 3.02. The van der Waals surface area contributed by atoms with Gasteiger partial charge in [0.25, 0.3) is 11.8 Å². The van der Waals surface area contributed by atoms with Crippen LogP contribution in [0.2, 0.25) is 0 Å². The second-order valence-corrected chi connectivity index (χ2v) is 9.14. The zero-order valence-electron chi connectivity index (χ0n) is 22.3. The minimum absolute atomic E-state index is 0.0118. The van der Waals surface area contributed by atoms with Crippen LogP contribution < -0.4 is 15.4 Å². The lowest BCUT2D eigenvalue weighted by atomic mass is 9.96. The Bertz CT molecular complexity index is 1790. The number of hydrogen-bond donors (Lipinski definition) is 2. The summed E-state index contributed by atoms with van der Waals surface area (Å²) in [6.07, 6.45) is 3.14. The van der Waals surface area contributed by atoms with Crippen molar-refractivity contribution in [3.8, 4) is 28.8 Å². The Labute approximate surface area is 241 Å². The van der Waals surface area contributed by atoms with Crippen LogP contribution in [-0.4, -0.2) is 21.8 Å². The molecule has 0 fully saturated rings. The summed E-state index contributed by atoms with van der Waals surface area (Å²) < 4.78 is 20.6. The maximum atomic E-state index is 14.8. The number of aromatic nitrogens is 2. The Kier molecular flexibility index (Phi) is 8.56. The van der Waals surface area contributed by atoms with E-state index in [2.05, 4.69) is 20.6 Å². The summed E-state index contributed by atoms with van der Waals surface area (Å²) in [6, 6.07) is 28.3. The number of benzene rings is 3. The molecule has 0 aliphatic heterocycles. The van der Waals surface area contributed by atoms with Gasteiger partial charge in [-0.15, -0.1) is 0 Å². The van der Waals surface area contributed by atoms with Crippen molar-refractivity contribution < 1.29 is 18.7 Å². The van der Waals surface area contributed by atoms with Gasteiger partial charge in [0.2, 0.25) is 5.88 Å². The highest BCUT2D eigenvalue weighted by atomic mass is 19.1. The molecule has 2 aromatic heterocycles. The van der Waals surface area contributed by atoms with Gasteiger partial charge in [0, 0.05) is 30.1 Å². The minimum Gasteiger partial charge on any atom is -0.438 e. The van der Waals surface area contributed by atoms with Crippen molar-refractivity contribution in [1.82, 2.24) is 20.6 Å². The van der Waals surface area contributed by atoms with E-state index in [9.17, 15) is 19.2 Å². The number of pyridine rings is 2. The Morgan fingerprint density at radius 2 is 1.60 bits per heavy atom. The molecular weight excluding hydrogens is 533 g/mol. The topological polar surface area (TPSA) is 117 Å². The molecule has 0 atom stereocenters. The molecule has 5 rings (SSSR count). The van der Waals surface area contributed by atoms with Gasteiger partial charge in [-0.1, -0.05) is 36.4 Å². The van der Waals surface area contributed by atoms with Crippen molar-refractivity contribution in [2.45, 2.75) is 13.1 Å². The first-order valence-corrected chi connectivity index (χ1v) is 13.0. The number of nitrogens with one attached hydrogen (secondary N) is 2. The molecule has 5 aromatic rings. The van der Waals surface area contributed by atoms with Gasteiger partial charge < -0.3 is 15.4 Å². The lowest BCUT2D eigenvalue weighted by Crippen LogP contribution is -2.25. The van der Waals surface area contributed by atoms with Crippen LogP contribution in [0.1, 0.15) is 37.5 Å². The second kappa shape index (κ2) is 13.0. The van der Waals surface area contributed by atoms with E-state index < -0.39 is 11.7 Å². The standard InChI is InChI=1S/C33H24FN5O3/c34-30-12-2-1-10-28(30)27-14-13-23(31(40)39-21-25-8-3-4-15-36-25)18-24(27)20-38-32(41)29-11-6-16-37-33(29)42-26-9-5-7-22(17-26)19-35/h1-18H,20-21H2,(H,38,41)(H,39,40). The number of halogens is 1. The quantitative estimate of drug-likeness (QED) is 0.236. The average molecular weight is 558 g/mol. The fourth-order valence-corrected chi connectivity index (χ4v) is 4.26. The maximum Gasteiger partial charge on any atom is 0.257 e. The third-order valence-electron chi connectivity index (χ3n) is 6.32. The predicted molar refractivity (Wildman–Crippen MR) is 154 cm³/mol. The molecule has 0 bridgehead atoms. The molecule has 0 aliphatic rings. The first-order chi connectivity index (χ1) is 20.5. The molecule has 2 N–H and O–H groups in total. The van der Waals surface area contributed by atoms with Crippen molar-refractivity contribution in [2.75, 3.05) is 0 Å². The van der Waals surface area contributed by atoms with Crippen molar-refractivity contribution >= 4 is 11.8 Å². The highest BCUT2D eigenvalue weighted by molar-refractivity contribution is 5.97. The van der Waals surface area contributed by atoms with Gasteiger partial charge >= 0.3 is 0 Å². The molecule has 8 nitrogen and oxygen atoms in total. The van der Waals surface area contributed by atoms with E-state index in [1.54, 1.807) is 91.1 Å². The Hall–Kier alpha value is -5.88.